The van der Waals surface area contributed by atoms with E-state index in [-0.39, 0.29) is 0 Å². The fourth-order valence-corrected chi connectivity index (χ4v) is 4.79. The molecule has 2 aliphatic rings. The van der Waals surface area contributed by atoms with Gasteiger partial charge in [0.2, 0.25) is 0 Å². The van der Waals surface area contributed by atoms with Gasteiger partial charge >= 0.3 is 0 Å². The predicted molar refractivity (Wildman–Crippen MR) is 88.4 cm³/mol. The van der Waals surface area contributed by atoms with E-state index in [0.717, 1.165) is 12.0 Å². The minimum absolute atomic E-state index is 0.653. The fraction of sp³-hybridized carbons (Fsp3) is 0.647. The largest absolute Gasteiger partial charge is 0.368 e. The molecule has 1 aromatic carbocycles. The summed E-state index contributed by atoms with van der Waals surface area (Å²) in [5.41, 5.74) is 8.83. The molecule has 2 N–H and O–H groups in total. The van der Waals surface area contributed by atoms with Gasteiger partial charge in [-0.05, 0) is 50.0 Å². The van der Waals surface area contributed by atoms with Crippen LogP contribution in [0.1, 0.15) is 44.1 Å². The molecule has 3 rings (SSSR count). The van der Waals surface area contributed by atoms with E-state index in [9.17, 15) is 0 Å². The van der Waals surface area contributed by atoms with Crippen molar-refractivity contribution in [2.45, 2.75) is 56.0 Å². The molecule has 2 atom stereocenters. The van der Waals surface area contributed by atoms with Crippen LogP contribution in [0.4, 0.5) is 5.69 Å². The van der Waals surface area contributed by atoms with Crippen LogP contribution in [0, 0.1) is 5.92 Å². The van der Waals surface area contributed by atoms with Crippen molar-refractivity contribution in [1.29, 1.82) is 0 Å². The number of thioether (sulfide) groups is 1. The summed E-state index contributed by atoms with van der Waals surface area (Å²) in [6, 6.07) is 7.46. The third-order valence-corrected chi connectivity index (χ3v) is 5.91. The Balaban J connectivity index is 1.94. The molecule has 1 heterocycles. The van der Waals surface area contributed by atoms with Crippen LogP contribution in [-0.4, -0.2) is 18.8 Å². The van der Waals surface area contributed by atoms with Crippen LogP contribution in [0.3, 0.4) is 0 Å². The lowest BCUT2D eigenvalue weighted by Crippen LogP contribution is -2.47. The normalized spacial score (nSPS) is 26.4. The molecule has 20 heavy (non-hydrogen) atoms. The van der Waals surface area contributed by atoms with Crippen LogP contribution in [0.25, 0.3) is 0 Å². The van der Waals surface area contributed by atoms with Crippen LogP contribution >= 0.6 is 11.8 Å². The standard InChI is InChI=1S/C17H26N2S/c1-20-17-10-4-9-16(14(17)12-18)19-11-5-7-13-6-2-3-8-15(13)19/h4,9-10,13,15H,2-3,5-8,11-12,18H2,1H3. The highest BCUT2D eigenvalue weighted by Crippen LogP contribution is 2.40. The molecular weight excluding hydrogens is 264 g/mol. The highest BCUT2D eigenvalue weighted by Gasteiger charge is 2.34. The second-order valence-electron chi connectivity index (χ2n) is 6.11. The number of rotatable bonds is 3. The van der Waals surface area contributed by atoms with E-state index in [0.29, 0.717) is 6.54 Å². The zero-order chi connectivity index (χ0) is 13.9. The summed E-state index contributed by atoms with van der Waals surface area (Å²) in [6.07, 6.45) is 10.6. The van der Waals surface area contributed by atoms with Crippen molar-refractivity contribution >= 4 is 17.4 Å². The van der Waals surface area contributed by atoms with Crippen molar-refractivity contribution in [3.05, 3.63) is 23.8 Å². The number of nitrogens with two attached hydrogens (primary N) is 1. The maximum absolute atomic E-state index is 6.06. The van der Waals surface area contributed by atoms with E-state index in [1.165, 1.54) is 61.2 Å². The number of fused-ring (bicyclic) bond motifs is 1. The van der Waals surface area contributed by atoms with Crippen molar-refractivity contribution in [2.75, 3.05) is 17.7 Å². The average Bonchev–Trinajstić information content (AvgIpc) is 2.53. The molecule has 0 aromatic heterocycles. The quantitative estimate of drug-likeness (QED) is 0.852. The molecule has 1 aliphatic carbocycles. The van der Waals surface area contributed by atoms with Gasteiger partial charge in [0.25, 0.3) is 0 Å². The molecule has 3 heteroatoms. The molecule has 0 radical (unpaired) electrons. The molecule has 0 spiro atoms. The lowest BCUT2D eigenvalue weighted by molar-refractivity contribution is 0.243. The maximum Gasteiger partial charge on any atom is 0.0425 e. The Morgan fingerprint density at radius 3 is 2.80 bits per heavy atom. The number of piperidine rings is 1. The molecule has 0 amide bonds. The maximum atomic E-state index is 6.06. The van der Waals surface area contributed by atoms with Crippen molar-refractivity contribution in [3.63, 3.8) is 0 Å². The number of hydrogen-bond donors (Lipinski definition) is 1. The first-order valence-electron chi connectivity index (χ1n) is 7.97. The SMILES string of the molecule is CSc1cccc(N2CCCC3CCCCC32)c1CN. The topological polar surface area (TPSA) is 29.3 Å². The second kappa shape index (κ2) is 6.40. The van der Waals surface area contributed by atoms with Gasteiger partial charge in [-0.3, -0.25) is 0 Å². The van der Waals surface area contributed by atoms with Crippen molar-refractivity contribution in [1.82, 2.24) is 0 Å². The molecule has 2 nitrogen and oxygen atoms in total. The van der Waals surface area contributed by atoms with Gasteiger partial charge in [0, 0.05) is 35.3 Å². The molecule has 2 unspecified atom stereocenters. The second-order valence-corrected chi connectivity index (χ2v) is 6.96. The Labute approximate surface area is 127 Å². The first-order chi connectivity index (χ1) is 9.85. The number of nitrogens with zero attached hydrogens (tertiary/aromatic N) is 1. The zero-order valence-corrected chi connectivity index (χ0v) is 13.3. The Bertz CT molecular complexity index is 458. The Kier molecular flexibility index (Phi) is 4.57. The number of hydrogen-bond acceptors (Lipinski definition) is 3. The van der Waals surface area contributed by atoms with E-state index >= 15 is 0 Å². The van der Waals surface area contributed by atoms with Crippen LogP contribution in [-0.2, 0) is 6.54 Å². The monoisotopic (exact) mass is 290 g/mol. The summed E-state index contributed by atoms with van der Waals surface area (Å²) in [5, 5.41) is 0. The van der Waals surface area contributed by atoms with E-state index in [1.54, 1.807) is 0 Å². The minimum atomic E-state index is 0.653. The fourth-order valence-electron chi connectivity index (χ4n) is 4.14. The highest BCUT2D eigenvalue weighted by atomic mass is 32.2. The summed E-state index contributed by atoms with van der Waals surface area (Å²) in [7, 11) is 0. The summed E-state index contributed by atoms with van der Waals surface area (Å²) >= 11 is 1.82. The first-order valence-corrected chi connectivity index (χ1v) is 9.20. The van der Waals surface area contributed by atoms with Crippen LogP contribution < -0.4 is 10.6 Å². The third-order valence-electron chi connectivity index (χ3n) is 5.09. The molecular formula is C17H26N2S. The van der Waals surface area contributed by atoms with Crippen LogP contribution in [0.15, 0.2) is 23.1 Å². The van der Waals surface area contributed by atoms with Crippen LogP contribution in [0.2, 0.25) is 0 Å². The van der Waals surface area contributed by atoms with Gasteiger partial charge < -0.3 is 10.6 Å². The van der Waals surface area contributed by atoms with E-state index in [2.05, 4.69) is 29.4 Å². The molecule has 1 aromatic rings. The lowest BCUT2D eigenvalue weighted by atomic mass is 9.78. The zero-order valence-electron chi connectivity index (χ0n) is 12.5. The molecule has 2 fully saturated rings. The average molecular weight is 290 g/mol. The summed E-state index contributed by atoms with van der Waals surface area (Å²) in [4.78, 5) is 4.04. The van der Waals surface area contributed by atoms with Gasteiger partial charge in [0.05, 0.1) is 0 Å². The number of benzene rings is 1. The summed E-state index contributed by atoms with van der Waals surface area (Å²) < 4.78 is 0. The smallest absolute Gasteiger partial charge is 0.0425 e. The van der Waals surface area contributed by atoms with Crippen molar-refractivity contribution in [3.8, 4) is 0 Å². The van der Waals surface area contributed by atoms with E-state index < -0.39 is 0 Å². The van der Waals surface area contributed by atoms with Gasteiger partial charge in [-0.2, -0.15) is 0 Å². The van der Waals surface area contributed by atoms with Crippen molar-refractivity contribution in [2.24, 2.45) is 11.7 Å². The summed E-state index contributed by atoms with van der Waals surface area (Å²) in [5.74, 6) is 0.918. The third kappa shape index (κ3) is 2.58. The van der Waals surface area contributed by atoms with E-state index in [4.69, 9.17) is 5.73 Å². The Morgan fingerprint density at radius 2 is 2.00 bits per heavy atom. The van der Waals surface area contributed by atoms with Gasteiger partial charge in [-0.15, -0.1) is 11.8 Å². The lowest BCUT2D eigenvalue weighted by Gasteiger charge is -2.46. The van der Waals surface area contributed by atoms with Crippen molar-refractivity contribution < 1.29 is 0 Å². The first kappa shape index (κ1) is 14.3. The highest BCUT2D eigenvalue weighted by molar-refractivity contribution is 7.98. The number of anilines is 1. The molecule has 110 valence electrons. The van der Waals surface area contributed by atoms with Gasteiger partial charge in [0.15, 0.2) is 0 Å². The molecule has 1 saturated heterocycles. The molecule has 1 aliphatic heterocycles. The summed E-state index contributed by atoms with van der Waals surface area (Å²) in [6.45, 7) is 1.87. The minimum Gasteiger partial charge on any atom is -0.368 e. The predicted octanol–water partition coefficient (Wildman–Crippen LogP) is 4.03. The Morgan fingerprint density at radius 1 is 1.20 bits per heavy atom. The molecule has 0 bridgehead atoms. The Hall–Kier alpha value is -0.670. The van der Waals surface area contributed by atoms with Crippen LogP contribution in [0.5, 0.6) is 0 Å². The van der Waals surface area contributed by atoms with Gasteiger partial charge in [-0.1, -0.05) is 18.9 Å². The van der Waals surface area contributed by atoms with E-state index in [1.807, 2.05) is 11.8 Å². The molecule has 1 saturated carbocycles. The van der Waals surface area contributed by atoms with Gasteiger partial charge in [0.1, 0.15) is 0 Å². The van der Waals surface area contributed by atoms with Gasteiger partial charge in [-0.25, -0.2) is 0 Å².